The number of thioether (sulfide) groups is 1. The van der Waals surface area contributed by atoms with E-state index >= 15 is 0 Å². The van der Waals surface area contributed by atoms with Gasteiger partial charge in [-0.25, -0.2) is 0 Å². The van der Waals surface area contributed by atoms with Crippen molar-refractivity contribution in [2.75, 3.05) is 24.9 Å². The molecule has 1 aliphatic heterocycles. The quantitative estimate of drug-likeness (QED) is 0.156. The molecule has 5 nitrogen and oxygen atoms in total. The Hall–Kier alpha value is -2.12. The van der Waals surface area contributed by atoms with E-state index in [0.29, 0.717) is 29.4 Å². The van der Waals surface area contributed by atoms with Crippen LogP contribution in [0, 0.1) is 0 Å². The summed E-state index contributed by atoms with van der Waals surface area (Å²) in [5.41, 5.74) is 2.44. The number of methoxy groups -OCH3 is 1. The third-order valence-corrected chi connectivity index (χ3v) is 8.14. The topological polar surface area (TPSA) is 50.8 Å². The fourth-order valence-electron chi connectivity index (χ4n) is 4.84. The van der Waals surface area contributed by atoms with Gasteiger partial charge in [0.2, 0.25) is 0 Å². The van der Waals surface area contributed by atoms with Gasteiger partial charge in [0.05, 0.1) is 25.3 Å². The largest absolute Gasteiger partial charge is 0.493 e. The van der Waals surface area contributed by atoms with Crippen LogP contribution in [0.1, 0.15) is 107 Å². The SMILES string of the molecule is Br.CCCCCCCCCCCCCCOc1c(NC(=O)c2ccc(CN3C=C(C)SC3)cc2)cccc1OC. The van der Waals surface area contributed by atoms with Gasteiger partial charge in [0.15, 0.2) is 11.5 Å². The van der Waals surface area contributed by atoms with E-state index in [0.717, 1.165) is 25.3 Å². The lowest BCUT2D eigenvalue weighted by Crippen LogP contribution is -2.15. The Morgan fingerprint density at radius 1 is 0.900 bits per heavy atom. The molecule has 3 rings (SSSR count). The van der Waals surface area contributed by atoms with E-state index in [4.69, 9.17) is 9.47 Å². The highest BCUT2D eigenvalue weighted by Gasteiger charge is 2.15. The summed E-state index contributed by atoms with van der Waals surface area (Å²) >= 11 is 1.85. The second-order valence-electron chi connectivity index (χ2n) is 10.5. The molecule has 1 heterocycles. The Balaban J connectivity index is 0.00000560. The number of carbonyl (C=O) groups is 1. The first-order valence-corrected chi connectivity index (χ1v) is 15.8. The number of nitrogens with zero attached hydrogens (tertiary/aromatic N) is 1. The van der Waals surface area contributed by atoms with Crippen molar-refractivity contribution in [3.63, 3.8) is 0 Å². The Morgan fingerprint density at radius 2 is 1.52 bits per heavy atom. The predicted molar refractivity (Wildman–Crippen MR) is 176 cm³/mol. The molecule has 0 saturated heterocycles. The molecule has 0 bridgehead atoms. The lowest BCUT2D eigenvalue weighted by molar-refractivity contribution is 0.102. The van der Waals surface area contributed by atoms with Gasteiger partial charge in [-0.2, -0.15) is 0 Å². The number of halogens is 1. The highest BCUT2D eigenvalue weighted by Crippen LogP contribution is 2.35. The first-order chi connectivity index (χ1) is 19.1. The van der Waals surface area contributed by atoms with Crippen LogP contribution in [0.2, 0.25) is 0 Å². The van der Waals surface area contributed by atoms with Crippen molar-refractivity contribution < 1.29 is 14.3 Å². The van der Waals surface area contributed by atoms with E-state index in [1.165, 1.54) is 74.7 Å². The average Bonchev–Trinajstić information content (AvgIpc) is 3.36. The lowest BCUT2D eigenvalue weighted by atomic mass is 10.1. The van der Waals surface area contributed by atoms with Crippen molar-refractivity contribution in [1.82, 2.24) is 4.90 Å². The van der Waals surface area contributed by atoms with E-state index in [9.17, 15) is 4.79 Å². The Morgan fingerprint density at radius 3 is 2.10 bits per heavy atom. The molecule has 222 valence electrons. The molecule has 1 aliphatic rings. The minimum Gasteiger partial charge on any atom is -0.493 e. The maximum Gasteiger partial charge on any atom is 0.255 e. The van der Waals surface area contributed by atoms with Crippen LogP contribution in [0.25, 0.3) is 0 Å². The minimum atomic E-state index is -0.155. The van der Waals surface area contributed by atoms with E-state index < -0.39 is 0 Å². The van der Waals surface area contributed by atoms with Crippen molar-refractivity contribution in [3.8, 4) is 11.5 Å². The molecule has 40 heavy (non-hydrogen) atoms. The number of rotatable bonds is 19. The van der Waals surface area contributed by atoms with Crippen molar-refractivity contribution in [2.45, 2.75) is 97.4 Å². The van der Waals surface area contributed by atoms with Crippen LogP contribution in [0.15, 0.2) is 53.6 Å². The summed E-state index contributed by atoms with van der Waals surface area (Å²) in [5, 5.41) is 3.03. The minimum absolute atomic E-state index is 0. The van der Waals surface area contributed by atoms with Gasteiger partial charge in [-0.15, -0.1) is 28.7 Å². The van der Waals surface area contributed by atoms with Gasteiger partial charge < -0.3 is 19.7 Å². The van der Waals surface area contributed by atoms with Gasteiger partial charge in [-0.1, -0.05) is 95.8 Å². The summed E-state index contributed by atoms with van der Waals surface area (Å²) < 4.78 is 11.7. The van der Waals surface area contributed by atoms with Gasteiger partial charge in [-0.05, 0) is 48.1 Å². The standard InChI is InChI=1S/C33H48N2O3S.BrH/c1-4-5-6-7-8-9-10-11-12-13-14-15-23-38-32-30(17-16-18-31(32)37-3)34-33(36)29-21-19-28(20-22-29)25-35-24-27(2)39-26-35;/h16-22,24H,4-15,23,25-26H2,1-3H3,(H,34,36);1H. The molecule has 7 heteroatoms. The Kier molecular flexibility index (Phi) is 16.9. The van der Waals surface area contributed by atoms with E-state index in [2.05, 4.69) is 30.3 Å². The van der Waals surface area contributed by atoms with Gasteiger partial charge in [0.1, 0.15) is 0 Å². The van der Waals surface area contributed by atoms with E-state index in [1.807, 2.05) is 54.2 Å². The molecule has 0 radical (unpaired) electrons. The number of carbonyl (C=O) groups excluding carboxylic acids is 1. The second kappa shape index (κ2) is 19.9. The predicted octanol–water partition coefficient (Wildman–Crippen LogP) is 9.97. The fraction of sp³-hybridized carbons (Fsp3) is 0.545. The Labute approximate surface area is 257 Å². The van der Waals surface area contributed by atoms with Crippen molar-refractivity contribution >= 4 is 40.3 Å². The summed E-state index contributed by atoms with van der Waals surface area (Å²) in [5.74, 6) is 2.06. The third-order valence-electron chi connectivity index (χ3n) is 7.12. The third kappa shape index (κ3) is 12.2. The number of nitrogens with one attached hydrogen (secondary N) is 1. The van der Waals surface area contributed by atoms with Crippen molar-refractivity contribution in [3.05, 3.63) is 64.7 Å². The van der Waals surface area contributed by atoms with Gasteiger partial charge in [0, 0.05) is 18.3 Å². The number of hydrogen-bond donors (Lipinski definition) is 1. The number of para-hydroxylation sites is 1. The van der Waals surface area contributed by atoms with Crippen LogP contribution in [-0.4, -0.2) is 30.4 Å². The van der Waals surface area contributed by atoms with Gasteiger partial charge in [-0.3, -0.25) is 4.79 Å². The first-order valence-electron chi connectivity index (χ1n) is 14.9. The summed E-state index contributed by atoms with van der Waals surface area (Å²) in [7, 11) is 1.63. The van der Waals surface area contributed by atoms with Gasteiger partial charge in [0.25, 0.3) is 5.91 Å². The molecule has 2 aromatic carbocycles. The number of anilines is 1. The first kappa shape index (κ1) is 34.1. The van der Waals surface area contributed by atoms with E-state index in [1.54, 1.807) is 7.11 Å². The molecule has 0 saturated carbocycles. The number of benzene rings is 2. The van der Waals surface area contributed by atoms with Crippen molar-refractivity contribution in [2.24, 2.45) is 0 Å². The lowest BCUT2D eigenvalue weighted by Gasteiger charge is -2.16. The zero-order valence-corrected chi connectivity index (χ0v) is 27.2. The van der Waals surface area contributed by atoms with Crippen LogP contribution in [0.5, 0.6) is 11.5 Å². The number of ether oxygens (including phenoxy) is 2. The summed E-state index contributed by atoms with van der Waals surface area (Å²) in [6, 6.07) is 13.4. The summed E-state index contributed by atoms with van der Waals surface area (Å²) in [4.78, 5) is 16.6. The molecule has 2 aromatic rings. The van der Waals surface area contributed by atoms with E-state index in [-0.39, 0.29) is 22.9 Å². The fourth-order valence-corrected chi connectivity index (χ4v) is 5.60. The van der Waals surface area contributed by atoms with Crippen LogP contribution in [0.4, 0.5) is 5.69 Å². The smallest absolute Gasteiger partial charge is 0.255 e. The van der Waals surface area contributed by atoms with Crippen molar-refractivity contribution in [1.29, 1.82) is 0 Å². The van der Waals surface area contributed by atoms with Gasteiger partial charge >= 0.3 is 0 Å². The summed E-state index contributed by atoms with van der Waals surface area (Å²) in [6.07, 6.45) is 17.9. The highest BCUT2D eigenvalue weighted by molar-refractivity contribution is 8.93. The summed E-state index contributed by atoms with van der Waals surface area (Å²) in [6.45, 7) is 5.86. The number of unbranched alkanes of at least 4 members (excludes halogenated alkanes) is 11. The second-order valence-corrected chi connectivity index (χ2v) is 11.7. The molecular weight excluding hydrogens is 584 g/mol. The molecular formula is C33H49BrN2O3S. The monoisotopic (exact) mass is 632 g/mol. The molecule has 1 N–H and O–H groups in total. The van der Waals surface area contributed by atoms with Crippen LogP contribution in [-0.2, 0) is 6.54 Å². The normalized spacial score (nSPS) is 12.6. The number of allylic oxidation sites excluding steroid dienone is 1. The zero-order valence-electron chi connectivity index (χ0n) is 24.7. The maximum absolute atomic E-state index is 13.0. The molecule has 1 amide bonds. The Bertz CT molecular complexity index is 1030. The molecule has 0 fully saturated rings. The van der Waals surface area contributed by atoms with Crippen LogP contribution >= 0.6 is 28.7 Å². The molecule has 0 aromatic heterocycles. The molecule has 0 spiro atoms. The highest BCUT2D eigenvalue weighted by atomic mass is 79.9. The van der Waals surface area contributed by atoms with Crippen LogP contribution < -0.4 is 14.8 Å². The maximum atomic E-state index is 13.0. The zero-order chi connectivity index (χ0) is 27.7. The number of hydrogen-bond acceptors (Lipinski definition) is 5. The molecule has 0 atom stereocenters. The average molecular weight is 634 g/mol. The molecule has 0 unspecified atom stereocenters. The van der Waals surface area contributed by atoms with Crippen LogP contribution in [0.3, 0.4) is 0 Å². The number of amides is 1. The molecule has 0 aliphatic carbocycles.